The van der Waals surface area contributed by atoms with Crippen LogP contribution in [0.4, 0.5) is 0 Å². The summed E-state index contributed by atoms with van der Waals surface area (Å²) in [5, 5.41) is 10.7. The maximum absolute atomic E-state index is 10.9. The summed E-state index contributed by atoms with van der Waals surface area (Å²) in [7, 11) is 0. The first-order chi connectivity index (χ1) is 10.2. The number of carbonyl (C=O) groups excluding carboxylic acids is 1. The minimum absolute atomic E-state index is 0.275. The van der Waals surface area contributed by atoms with Crippen molar-refractivity contribution in [3.8, 4) is 5.75 Å². The van der Waals surface area contributed by atoms with E-state index in [0.29, 0.717) is 0 Å². The van der Waals surface area contributed by atoms with Crippen molar-refractivity contribution < 1.29 is 9.90 Å². The number of aromatic hydroxyl groups is 1. The third-order valence-corrected chi connectivity index (χ3v) is 5.85. The van der Waals surface area contributed by atoms with E-state index in [1.807, 2.05) is 0 Å². The largest absolute Gasteiger partial charge is 0.506 e. The van der Waals surface area contributed by atoms with E-state index in [1.54, 1.807) is 6.08 Å². The molecule has 0 atom stereocenters. The van der Waals surface area contributed by atoms with Crippen molar-refractivity contribution in [2.45, 2.75) is 63.3 Å². The molecule has 1 saturated carbocycles. The van der Waals surface area contributed by atoms with E-state index in [-0.39, 0.29) is 5.75 Å². The Morgan fingerprint density at radius 3 is 2.57 bits per heavy atom. The Bertz CT molecular complexity index is 599. The number of hydrogen-bond acceptors (Lipinski definition) is 3. The fraction of sp³-hybridized carbons (Fsp3) is 0.588. The Labute approximate surface area is 133 Å². The smallest absolute Gasteiger partial charge is 0.235 e. The molecular weight excluding hydrogens is 330 g/mol. The topological polar surface area (TPSA) is 49.7 Å². The number of hydrogen-bond donors (Lipinski definition) is 1. The van der Waals surface area contributed by atoms with Gasteiger partial charge in [0.2, 0.25) is 6.08 Å². The molecule has 0 aromatic heterocycles. The standard InChI is InChI=1S/C17H20BrNO2/c18-15-13-7-3-1-2-6-12(13)10-14(16(15)21)17(19-11-20)8-4-5-9-17/h10,21H,1-9H2. The van der Waals surface area contributed by atoms with Gasteiger partial charge in [-0.05, 0) is 71.6 Å². The lowest BCUT2D eigenvalue weighted by Gasteiger charge is -2.26. The SMILES string of the molecule is O=C=NC1(c2cc3c(c(Br)c2O)CCCCC3)CCCC1. The molecular formula is C17H20BrNO2. The van der Waals surface area contributed by atoms with Gasteiger partial charge in [-0.2, -0.15) is 4.99 Å². The Kier molecular flexibility index (Phi) is 4.19. The Hall–Kier alpha value is -1.12. The molecule has 2 aliphatic rings. The summed E-state index contributed by atoms with van der Waals surface area (Å²) < 4.78 is 0.810. The molecule has 112 valence electrons. The number of isocyanates is 1. The lowest BCUT2D eigenvalue weighted by molar-refractivity contribution is 0.405. The van der Waals surface area contributed by atoms with Crippen LogP contribution in [-0.2, 0) is 23.2 Å². The predicted molar refractivity (Wildman–Crippen MR) is 85.3 cm³/mol. The summed E-state index contributed by atoms with van der Waals surface area (Å²) in [6, 6.07) is 2.10. The fourth-order valence-electron chi connectivity index (χ4n) is 3.86. The zero-order valence-corrected chi connectivity index (χ0v) is 13.7. The van der Waals surface area contributed by atoms with Crippen LogP contribution in [0, 0.1) is 0 Å². The summed E-state index contributed by atoms with van der Waals surface area (Å²) in [6.07, 6.45) is 11.1. The molecule has 3 nitrogen and oxygen atoms in total. The lowest BCUT2D eigenvalue weighted by atomic mass is 9.85. The highest BCUT2D eigenvalue weighted by Gasteiger charge is 2.39. The van der Waals surface area contributed by atoms with Gasteiger partial charge in [-0.15, -0.1) is 0 Å². The normalized spacial score (nSPS) is 20.4. The van der Waals surface area contributed by atoms with Gasteiger partial charge in [-0.25, -0.2) is 4.79 Å². The van der Waals surface area contributed by atoms with Crippen molar-refractivity contribution in [2.24, 2.45) is 4.99 Å². The number of phenols is 1. The number of aliphatic imine (C=N–C) groups is 1. The van der Waals surface area contributed by atoms with Gasteiger partial charge in [0.25, 0.3) is 0 Å². The van der Waals surface area contributed by atoms with Crippen LogP contribution >= 0.6 is 15.9 Å². The van der Waals surface area contributed by atoms with E-state index in [0.717, 1.165) is 48.6 Å². The van der Waals surface area contributed by atoms with Crippen LogP contribution in [0.5, 0.6) is 5.75 Å². The highest BCUT2D eigenvalue weighted by atomic mass is 79.9. The zero-order valence-electron chi connectivity index (χ0n) is 12.1. The molecule has 0 spiro atoms. The lowest BCUT2D eigenvalue weighted by Crippen LogP contribution is -2.20. The number of rotatable bonds is 2. The molecule has 1 fully saturated rings. The van der Waals surface area contributed by atoms with Crippen molar-refractivity contribution in [1.29, 1.82) is 0 Å². The van der Waals surface area contributed by atoms with E-state index < -0.39 is 5.54 Å². The van der Waals surface area contributed by atoms with Gasteiger partial charge in [0.05, 0.1) is 4.47 Å². The van der Waals surface area contributed by atoms with Gasteiger partial charge in [0.1, 0.15) is 11.3 Å². The Balaban J connectivity index is 2.17. The van der Waals surface area contributed by atoms with Crippen molar-refractivity contribution in [1.82, 2.24) is 0 Å². The monoisotopic (exact) mass is 349 g/mol. The van der Waals surface area contributed by atoms with Crippen molar-refractivity contribution in [3.05, 3.63) is 27.2 Å². The number of halogens is 1. The zero-order chi connectivity index (χ0) is 14.9. The van der Waals surface area contributed by atoms with Crippen LogP contribution in [0.2, 0.25) is 0 Å². The molecule has 0 unspecified atom stereocenters. The first-order valence-electron chi connectivity index (χ1n) is 7.81. The van der Waals surface area contributed by atoms with E-state index in [1.165, 1.54) is 30.4 Å². The van der Waals surface area contributed by atoms with Crippen molar-refractivity contribution in [2.75, 3.05) is 0 Å². The highest BCUT2D eigenvalue weighted by Crippen LogP contribution is 2.49. The van der Waals surface area contributed by atoms with E-state index in [9.17, 15) is 9.90 Å². The number of nitrogens with zero attached hydrogens (tertiary/aromatic N) is 1. The number of aryl methyl sites for hydroxylation is 1. The van der Waals surface area contributed by atoms with Gasteiger partial charge in [-0.1, -0.05) is 19.3 Å². The van der Waals surface area contributed by atoms with Crippen LogP contribution in [0.3, 0.4) is 0 Å². The van der Waals surface area contributed by atoms with Crippen LogP contribution in [0.25, 0.3) is 0 Å². The minimum atomic E-state index is -0.560. The first-order valence-corrected chi connectivity index (χ1v) is 8.60. The third kappa shape index (κ3) is 2.56. The molecule has 0 heterocycles. The van der Waals surface area contributed by atoms with Crippen LogP contribution in [0.15, 0.2) is 15.5 Å². The molecule has 0 saturated heterocycles. The molecule has 4 heteroatoms. The summed E-state index contributed by atoms with van der Waals surface area (Å²) in [5.41, 5.74) is 2.79. The molecule has 0 radical (unpaired) electrons. The summed E-state index contributed by atoms with van der Waals surface area (Å²) in [6.45, 7) is 0. The number of benzene rings is 1. The molecule has 2 aliphatic carbocycles. The van der Waals surface area contributed by atoms with Crippen molar-refractivity contribution >= 4 is 22.0 Å². The molecule has 3 rings (SSSR count). The first kappa shape index (κ1) is 14.8. The maximum Gasteiger partial charge on any atom is 0.235 e. The Morgan fingerprint density at radius 2 is 1.86 bits per heavy atom. The van der Waals surface area contributed by atoms with E-state index in [4.69, 9.17) is 0 Å². The van der Waals surface area contributed by atoms with Crippen molar-refractivity contribution in [3.63, 3.8) is 0 Å². The van der Waals surface area contributed by atoms with Gasteiger partial charge >= 0.3 is 0 Å². The molecule has 21 heavy (non-hydrogen) atoms. The highest BCUT2D eigenvalue weighted by molar-refractivity contribution is 9.10. The van der Waals surface area contributed by atoms with Crippen LogP contribution < -0.4 is 0 Å². The average Bonchev–Trinajstić information content (AvgIpc) is 2.81. The molecule has 1 N–H and O–H groups in total. The number of fused-ring (bicyclic) bond motifs is 1. The molecule has 0 bridgehead atoms. The minimum Gasteiger partial charge on any atom is -0.506 e. The van der Waals surface area contributed by atoms with Crippen LogP contribution in [0.1, 0.15) is 61.6 Å². The Morgan fingerprint density at radius 1 is 1.14 bits per heavy atom. The second-order valence-electron chi connectivity index (χ2n) is 6.23. The molecule has 1 aromatic carbocycles. The fourth-order valence-corrected chi connectivity index (χ4v) is 4.53. The van der Waals surface area contributed by atoms with Gasteiger partial charge < -0.3 is 5.11 Å². The molecule has 0 aliphatic heterocycles. The van der Waals surface area contributed by atoms with Gasteiger partial charge in [0, 0.05) is 5.56 Å². The average molecular weight is 350 g/mol. The molecule has 0 amide bonds. The summed E-state index contributed by atoms with van der Waals surface area (Å²) in [4.78, 5) is 15.0. The van der Waals surface area contributed by atoms with Gasteiger partial charge in [0.15, 0.2) is 0 Å². The van der Waals surface area contributed by atoms with E-state index >= 15 is 0 Å². The van der Waals surface area contributed by atoms with Gasteiger partial charge in [-0.3, -0.25) is 0 Å². The van der Waals surface area contributed by atoms with Crippen LogP contribution in [-0.4, -0.2) is 11.2 Å². The second kappa shape index (κ2) is 5.94. The summed E-state index contributed by atoms with van der Waals surface area (Å²) in [5.74, 6) is 0.275. The second-order valence-corrected chi connectivity index (χ2v) is 7.02. The summed E-state index contributed by atoms with van der Waals surface area (Å²) >= 11 is 3.58. The number of phenolic OH excluding ortho intramolecular Hbond substituents is 1. The maximum atomic E-state index is 10.9. The third-order valence-electron chi connectivity index (χ3n) is 5.00. The van der Waals surface area contributed by atoms with E-state index in [2.05, 4.69) is 27.0 Å². The quantitative estimate of drug-likeness (QED) is 0.484. The predicted octanol–water partition coefficient (Wildman–Crippen LogP) is 4.53. The molecule has 1 aromatic rings.